The van der Waals surface area contributed by atoms with Crippen molar-refractivity contribution < 1.29 is 14.0 Å². The topological polar surface area (TPSA) is 67.5 Å². The summed E-state index contributed by atoms with van der Waals surface area (Å²) in [6, 6.07) is 11.5. The van der Waals surface area contributed by atoms with Gasteiger partial charge in [0, 0.05) is 23.9 Å². The predicted molar refractivity (Wildman–Crippen MR) is 125 cm³/mol. The molecule has 1 aliphatic carbocycles. The van der Waals surface area contributed by atoms with E-state index in [1.807, 2.05) is 48.7 Å². The van der Waals surface area contributed by atoms with Gasteiger partial charge in [-0.2, -0.15) is 0 Å². The largest absolute Gasteiger partial charge is 0.463 e. The van der Waals surface area contributed by atoms with Crippen LogP contribution in [0.15, 0.2) is 47.1 Å². The van der Waals surface area contributed by atoms with Gasteiger partial charge < -0.3 is 14.3 Å². The number of hydrogen-bond acceptors (Lipinski definition) is 3. The van der Waals surface area contributed by atoms with Crippen LogP contribution < -0.4 is 10.2 Å². The molecule has 1 N–H and O–H groups in total. The van der Waals surface area contributed by atoms with E-state index >= 15 is 0 Å². The molecule has 1 saturated carbocycles. The number of nitrogens with one attached hydrogen (secondary N) is 1. The lowest BCUT2D eigenvalue weighted by Crippen LogP contribution is -2.66. The van der Waals surface area contributed by atoms with Gasteiger partial charge in [0.1, 0.15) is 11.2 Å². The van der Waals surface area contributed by atoms with Crippen molar-refractivity contribution >= 4 is 28.6 Å². The lowest BCUT2D eigenvalue weighted by Gasteiger charge is -2.46. The lowest BCUT2D eigenvalue weighted by molar-refractivity contribution is -0.128. The molecule has 0 bridgehead atoms. The molecule has 3 heterocycles. The fourth-order valence-electron chi connectivity index (χ4n) is 5.51. The minimum Gasteiger partial charge on any atom is -0.463 e. The Balaban J connectivity index is 1.60. The van der Waals surface area contributed by atoms with E-state index in [-0.39, 0.29) is 17.9 Å². The number of rotatable bonds is 3. The second-order valence-electron chi connectivity index (χ2n) is 9.83. The number of benzene rings is 1. The van der Waals surface area contributed by atoms with Crippen molar-refractivity contribution in [2.75, 3.05) is 4.90 Å². The first-order valence-electron chi connectivity index (χ1n) is 11.6. The van der Waals surface area contributed by atoms with Crippen molar-refractivity contribution in [2.24, 2.45) is 11.8 Å². The number of furan rings is 1. The first-order valence-corrected chi connectivity index (χ1v) is 11.6. The van der Waals surface area contributed by atoms with Gasteiger partial charge >= 0.3 is 0 Å². The summed E-state index contributed by atoms with van der Waals surface area (Å²) >= 11 is 0. The maximum atomic E-state index is 13.9. The van der Waals surface area contributed by atoms with Crippen LogP contribution >= 0.6 is 0 Å². The highest BCUT2D eigenvalue weighted by Crippen LogP contribution is 2.38. The molecule has 5 rings (SSSR count). The fraction of sp³-hybridized carbons (Fsp3) is 0.462. The summed E-state index contributed by atoms with van der Waals surface area (Å²) in [6.45, 7) is 8.72. The first-order chi connectivity index (χ1) is 15.3. The van der Waals surface area contributed by atoms with Crippen molar-refractivity contribution in [3.8, 4) is 0 Å². The van der Waals surface area contributed by atoms with Crippen LogP contribution in [0, 0.1) is 18.8 Å². The van der Waals surface area contributed by atoms with E-state index in [9.17, 15) is 9.59 Å². The van der Waals surface area contributed by atoms with E-state index in [2.05, 4.69) is 19.2 Å². The molecule has 0 saturated heterocycles. The van der Waals surface area contributed by atoms with E-state index in [0.717, 1.165) is 29.6 Å². The van der Waals surface area contributed by atoms with Gasteiger partial charge in [0.25, 0.3) is 5.91 Å². The van der Waals surface area contributed by atoms with E-state index in [1.54, 1.807) is 17.2 Å². The summed E-state index contributed by atoms with van der Waals surface area (Å²) in [5, 5.41) is 3.34. The lowest BCUT2D eigenvalue weighted by atomic mass is 9.77. The van der Waals surface area contributed by atoms with E-state index in [0.29, 0.717) is 29.7 Å². The van der Waals surface area contributed by atoms with Crippen molar-refractivity contribution in [2.45, 2.75) is 65.1 Å². The normalized spacial score (nSPS) is 28.1. The van der Waals surface area contributed by atoms with Crippen LogP contribution in [-0.4, -0.2) is 28.0 Å². The second kappa shape index (κ2) is 7.54. The summed E-state index contributed by atoms with van der Waals surface area (Å²) in [5.74, 6) is 0.699. The van der Waals surface area contributed by atoms with Crippen LogP contribution in [0.2, 0.25) is 0 Å². The van der Waals surface area contributed by atoms with Crippen LogP contribution in [0.25, 0.3) is 11.1 Å². The number of aryl methyl sites for hydroxylation is 1. The molecule has 2 aliphatic rings. The van der Waals surface area contributed by atoms with Crippen LogP contribution in [0.1, 0.15) is 56.1 Å². The molecule has 3 aromatic rings. The number of fused-ring (bicyclic) bond motifs is 3. The Morgan fingerprint density at radius 1 is 1.19 bits per heavy atom. The highest BCUT2D eigenvalue weighted by Gasteiger charge is 2.50. The average Bonchev–Trinajstić information content (AvgIpc) is 3.35. The van der Waals surface area contributed by atoms with Gasteiger partial charge in [-0.15, -0.1) is 0 Å². The van der Waals surface area contributed by atoms with Crippen LogP contribution in [-0.2, 0) is 11.3 Å². The molecule has 2 aromatic heterocycles. The molecule has 3 unspecified atom stereocenters. The highest BCUT2D eigenvalue weighted by molar-refractivity contribution is 6.14. The van der Waals surface area contributed by atoms with Crippen LogP contribution in [0.3, 0.4) is 0 Å². The maximum absolute atomic E-state index is 13.9. The molecule has 1 aliphatic heterocycles. The van der Waals surface area contributed by atoms with Crippen molar-refractivity contribution in [3.63, 3.8) is 0 Å². The average molecular weight is 434 g/mol. The standard InChI is InChI=1S/C26H31N3O3/c1-16-9-7-10-19(18(16)3)27-25(31)26(4)15-28-21-12-13-32-23(21)14-22(28)24(30)29(26)20-11-6-5-8-17(20)2/h5-6,8,11-14,16,18-19H,7,9-10,15H2,1-4H3,(H,27,31)/t16?,18?,19-,26?/m1/s1. The third-order valence-corrected chi connectivity index (χ3v) is 7.77. The Kier molecular flexibility index (Phi) is 4.91. The zero-order valence-corrected chi connectivity index (χ0v) is 19.2. The summed E-state index contributed by atoms with van der Waals surface area (Å²) in [7, 11) is 0. The Bertz CT molecular complexity index is 1190. The Labute approximate surface area is 188 Å². The smallest absolute Gasteiger partial charge is 0.276 e. The molecule has 168 valence electrons. The quantitative estimate of drug-likeness (QED) is 0.639. The summed E-state index contributed by atoms with van der Waals surface area (Å²) in [4.78, 5) is 29.5. The molecule has 1 aromatic carbocycles. The molecule has 2 amide bonds. The zero-order chi connectivity index (χ0) is 22.6. The summed E-state index contributed by atoms with van der Waals surface area (Å²) in [5.41, 5.74) is 2.72. The van der Waals surface area contributed by atoms with Crippen molar-refractivity contribution in [3.05, 3.63) is 53.9 Å². The molecule has 32 heavy (non-hydrogen) atoms. The van der Waals surface area contributed by atoms with Crippen molar-refractivity contribution in [1.82, 2.24) is 9.88 Å². The van der Waals surface area contributed by atoms with Gasteiger partial charge in [0.05, 0.1) is 18.3 Å². The predicted octanol–water partition coefficient (Wildman–Crippen LogP) is 4.90. The molecule has 6 heteroatoms. The van der Waals surface area contributed by atoms with Gasteiger partial charge in [-0.05, 0) is 43.7 Å². The molecule has 0 radical (unpaired) electrons. The number of anilines is 1. The zero-order valence-electron chi connectivity index (χ0n) is 19.2. The SMILES string of the molecule is Cc1ccccc1N1C(=O)c2cc3occc3n2CC1(C)C(=O)N[C@@H]1CCCC(C)C1C. The Morgan fingerprint density at radius 2 is 1.97 bits per heavy atom. The highest BCUT2D eigenvalue weighted by atomic mass is 16.3. The Morgan fingerprint density at radius 3 is 2.75 bits per heavy atom. The molecule has 1 fully saturated rings. The summed E-state index contributed by atoms with van der Waals surface area (Å²) < 4.78 is 7.50. The van der Waals surface area contributed by atoms with Gasteiger partial charge in [0.15, 0.2) is 5.58 Å². The van der Waals surface area contributed by atoms with E-state index in [4.69, 9.17) is 4.42 Å². The van der Waals surface area contributed by atoms with Crippen LogP contribution in [0.5, 0.6) is 0 Å². The number of para-hydroxylation sites is 1. The monoisotopic (exact) mass is 433 g/mol. The number of amides is 2. The van der Waals surface area contributed by atoms with E-state index < -0.39 is 5.54 Å². The summed E-state index contributed by atoms with van der Waals surface area (Å²) in [6.07, 6.45) is 4.92. The van der Waals surface area contributed by atoms with Gasteiger partial charge in [-0.3, -0.25) is 14.5 Å². The second-order valence-corrected chi connectivity index (χ2v) is 9.83. The van der Waals surface area contributed by atoms with Crippen LogP contribution in [0.4, 0.5) is 5.69 Å². The molecular formula is C26H31N3O3. The van der Waals surface area contributed by atoms with E-state index in [1.165, 1.54) is 6.42 Å². The number of nitrogens with zero attached hydrogens (tertiary/aromatic N) is 2. The van der Waals surface area contributed by atoms with Gasteiger partial charge in [-0.1, -0.05) is 44.9 Å². The fourth-order valence-corrected chi connectivity index (χ4v) is 5.51. The molecule has 0 spiro atoms. The number of aromatic nitrogens is 1. The number of carbonyl (C=O) groups is 2. The van der Waals surface area contributed by atoms with Crippen molar-refractivity contribution in [1.29, 1.82) is 0 Å². The third kappa shape index (κ3) is 3.07. The number of hydrogen-bond donors (Lipinski definition) is 1. The first kappa shape index (κ1) is 20.9. The Hall–Kier alpha value is -3.02. The minimum atomic E-state index is -1.07. The number of carbonyl (C=O) groups excluding carboxylic acids is 2. The minimum absolute atomic E-state index is 0.101. The van der Waals surface area contributed by atoms with Gasteiger partial charge in [-0.25, -0.2) is 0 Å². The molecule has 4 atom stereocenters. The molecular weight excluding hydrogens is 402 g/mol. The molecule has 6 nitrogen and oxygen atoms in total. The van der Waals surface area contributed by atoms with Gasteiger partial charge in [0.2, 0.25) is 5.91 Å². The maximum Gasteiger partial charge on any atom is 0.276 e. The third-order valence-electron chi connectivity index (χ3n) is 7.77.